The van der Waals surface area contributed by atoms with Crippen LogP contribution >= 0.6 is 0 Å². The Kier molecular flexibility index (Phi) is 4.76. The average Bonchev–Trinajstić information content (AvgIpc) is 3.17. The average molecular weight is 393 g/mol. The molecule has 0 atom stereocenters. The van der Waals surface area contributed by atoms with Gasteiger partial charge in [-0.1, -0.05) is 6.07 Å². The zero-order valence-corrected chi connectivity index (χ0v) is 14.5. The molecule has 2 aromatic heterocycles. The Morgan fingerprint density at radius 3 is 2.79 bits per heavy atom. The number of hydrogen-bond acceptors (Lipinski definition) is 5. The van der Waals surface area contributed by atoms with E-state index >= 15 is 0 Å². The van der Waals surface area contributed by atoms with Crippen LogP contribution in [0.3, 0.4) is 0 Å². The number of benzene rings is 1. The Morgan fingerprint density at radius 2 is 2.04 bits per heavy atom. The molecule has 9 heteroatoms. The second-order valence-electron chi connectivity index (χ2n) is 6.43. The number of halogens is 4. The number of nitrogens with zero attached hydrogens (tertiary/aromatic N) is 3. The van der Waals surface area contributed by atoms with Crippen LogP contribution in [0.25, 0.3) is 11.5 Å². The van der Waals surface area contributed by atoms with Gasteiger partial charge in [0.1, 0.15) is 17.3 Å². The third kappa shape index (κ3) is 4.14. The van der Waals surface area contributed by atoms with Crippen molar-refractivity contribution in [3.05, 3.63) is 65.6 Å². The van der Waals surface area contributed by atoms with Crippen molar-refractivity contribution in [3.8, 4) is 17.2 Å². The molecule has 1 aromatic carbocycles. The van der Waals surface area contributed by atoms with Crippen LogP contribution in [0.5, 0.6) is 5.75 Å². The van der Waals surface area contributed by atoms with E-state index in [1.165, 1.54) is 6.39 Å². The molecule has 0 saturated carbocycles. The standard InChI is InChI=1S/C19H15F4N3O2/c20-15-3-2-14(28-19(21,22)23)7-13(15)10-26-6-5-16-12(9-26)1-4-17(25-16)18-8-24-11-27-18/h1-4,7-8,11H,5-6,9-10H2. The van der Waals surface area contributed by atoms with Crippen molar-refractivity contribution < 1.29 is 26.7 Å². The highest BCUT2D eigenvalue weighted by molar-refractivity contribution is 5.51. The third-order valence-electron chi connectivity index (χ3n) is 4.46. The van der Waals surface area contributed by atoms with Gasteiger partial charge in [0.25, 0.3) is 0 Å². The van der Waals surface area contributed by atoms with Crippen LogP contribution in [0.1, 0.15) is 16.8 Å². The van der Waals surface area contributed by atoms with E-state index in [0.29, 0.717) is 31.0 Å². The highest BCUT2D eigenvalue weighted by atomic mass is 19.4. The minimum Gasteiger partial charge on any atom is -0.442 e. The van der Waals surface area contributed by atoms with Gasteiger partial charge in [0.05, 0.1) is 6.20 Å². The number of aromatic nitrogens is 2. The molecular formula is C19H15F4N3O2. The molecule has 1 aliphatic heterocycles. The quantitative estimate of drug-likeness (QED) is 0.618. The lowest BCUT2D eigenvalue weighted by atomic mass is 10.0. The molecule has 0 aliphatic carbocycles. The molecule has 5 nitrogen and oxygen atoms in total. The highest BCUT2D eigenvalue weighted by Crippen LogP contribution is 2.27. The van der Waals surface area contributed by atoms with Crippen molar-refractivity contribution >= 4 is 0 Å². The molecule has 28 heavy (non-hydrogen) atoms. The second-order valence-corrected chi connectivity index (χ2v) is 6.43. The molecule has 0 bridgehead atoms. The van der Waals surface area contributed by atoms with Crippen molar-refractivity contribution in [2.24, 2.45) is 0 Å². The summed E-state index contributed by atoms with van der Waals surface area (Å²) in [7, 11) is 0. The molecular weight excluding hydrogens is 378 g/mol. The fourth-order valence-corrected chi connectivity index (χ4v) is 3.20. The van der Waals surface area contributed by atoms with Crippen LogP contribution < -0.4 is 4.74 Å². The predicted molar refractivity (Wildman–Crippen MR) is 90.6 cm³/mol. The first-order valence-corrected chi connectivity index (χ1v) is 8.51. The summed E-state index contributed by atoms with van der Waals surface area (Å²) in [5.41, 5.74) is 2.74. The SMILES string of the molecule is Fc1ccc(OC(F)(F)F)cc1CN1CCc2nc(-c3cnco3)ccc2C1. The van der Waals surface area contributed by atoms with E-state index in [9.17, 15) is 17.6 Å². The molecule has 0 N–H and O–H groups in total. The Bertz CT molecular complexity index is 974. The van der Waals surface area contributed by atoms with E-state index in [1.54, 1.807) is 6.20 Å². The van der Waals surface area contributed by atoms with E-state index in [1.807, 2.05) is 17.0 Å². The van der Waals surface area contributed by atoms with Gasteiger partial charge in [-0.2, -0.15) is 0 Å². The van der Waals surface area contributed by atoms with E-state index in [4.69, 9.17) is 4.42 Å². The number of ether oxygens (including phenoxy) is 1. The molecule has 0 spiro atoms. The smallest absolute Gasteiger partial charge is 0.442 e. The number of oxazole rings is 1. The fraction of sp³-hybridized carbons (Fsp3) is 0.263. The maximum atomic E-state index is 14.1. The Balaban J connectivity index is 1.49. The number of alkyl halides is 3. The molecule has 0 amide bonds. The first-order chi connectivity index (χ1) is 13.4. The van der Waals surface area contributed by atoms with Gasteiger partial charge in [0.15, 0.2) is 12.2 Å². The monoisotopic (exact) mass is 393 g/mol. The van der Waals surface area contributed by atoms with E-state index in [-0.39, 0.29) is 12.1 Å². The summed E-state index contributed by atoms with van der Waals surface area (Å²) in [6.07, 6.45) is -1.25. The summed E-state index contributed by atoms with van der Waals surface area (Å²) < 4.78 is 60.4. The molecule has 1 aliphatic rings. The maximum Gasteiger partial charge on any atom is 0.573 e. The van der Waals surface area contributed by atoms with Crippen LogP contribution in [0.4, 0.5) is 17.6 Å². The molecule has 0 unspecified atom stereocenters. The van der Waals surface area contributed by atoms with Crippen LogP contribution in [0, 0.1) is 5.82 Å². The van der Waals surface area contributed by atoms with E-state index in [2.05, 4.69) is 14.7 Å². The summed E-state index contributed by atoms with van der Waals surface area (Å²) >= 11 is 0. The van der Waals surface area contributed by atoms with Gasteiger partial charge in [0.2, 0.25) is 0 Å². The molecule has 0 fully saturated rings. The minimum atomic E-state index is -4.81. The molecule has 146 valence electrons. The first kappa shape index (κ1) is 18.4. The van der Waals surface area contributed by atoms with Gasteiger partial charge >= 0.3 is 6.36 Å². The van der Waals surface area contributed by atoms with Gasteiger partial charge < -0.3 is 9.15 Å². The number of hydrogen-bond donors (Lipinski definition) is 0. The van der Waals surface area contributed by atoms with Gasteiger partial charge in [-0.05, 0) is 29.8 Å². The number of fused-ring (bicyclic) bond motifs is 1. The lowest BCUT2D eigenvalue weighted by Gasteiger charge is -2.28. The number of pyridine rings is 1. The molecule has 4 rings (SSSR count). The maximum absolute atomic E-state index is 14.1. The lowest BCUT2D eigenvalue weighted by molar-refractivity contribution is -0.274. The van der Waals surface area contributed by atoms with Gasteiger partial charge in [-0.3, -0.25) is 4.90 Å². The minimum absolute atomic E-state index is 0.149. The number of rotatable bonds is 4. The Hall–Kier alpha value is -2.94. The highest BCUT2D eigenvalue weighted by Gasteiger charge is 2.31. The Labute approximate surface area is 157 Å². The molecule has 3 heterocycles. The summed E-state index contributed by atoms with van der Waals surface area (Å²) in [5, 5.41) is 0. The van der Waals surface area contributed by atoms with Crippen LogP contribution in [0.2, 0.25) is 0 Å². The van der Waals surface area contributed by atoms with Gasteiger partial charge in [-0.15, -0.1) is 13.2 Å². The van der Waals surface area contributed by atoms with Crippen LogP contribution in [-0.2, 0) is 19.5 Å². The summed E-state index contributed by atoms with van der Waals surface area (Å²) in [6, 6.07) is 6.78. The van der Waals surface area contributed by atoms with E-state index < -0.39 is 17.9 Å². The van der Waals surface area contributed by atoms with E-state index in [0.717, 1.165) is 29.5 Å². The predicted octanol–water partition coefficient (Wildman–Crippen LogP) is 4.33. The van der Waals surface area contributed by atoms with Crippen molar-refractivity contribution in [2.45, 2.75) is 25.9 Å². The molecule has 3 aromatic rings. The zero-order valence-electron chi connectivity index (χ0n) is 14.5. The van der Waals surface area contributed by atoms with Gasteiger partial charge in [-0.25, -0.2) is 14.4 Å². The summed E-state index contributed by atoms with van der Waals surface area (Å²) in [6.45, 7) is 1.29. The van der Waals surface area contributed by atoms with Crippen LogP contribution in [-0.4, -0.2) is 27.8 Å². The van der Waals surface area contributed by atoms with Crippen molar-refractivity contribution in [3.63, 3.8) is 0 Å². The van der Waals surface area contributed by atoms with Crippen LogP contribution in [0.15, 0.2) is 47.3 Å². The largest absolute Gasteiger partial charge is 0.573 e. The molecule has 0 radical (unpaired) electrons. The van der Waals surface area contributed by atoms with Crippen molar-refractivity contribution in [1.82, 2.24) is 14.9 Å². The summed E-state index contributed by atoms with van der Waals surface area (Å²) in [4.78, 5) is 10.4. The first-order valence-electron chi connectivity index (χ1n) is 8.51. The lowest BCUT2D eigenvalue weighted by Crippen LogP contribution is -2.31. The summed E-state index contributed by atoms with van der Waals surface area (Å²) in [5.74, 6) is -0.424. The van der Waals surface area contributed by atoms with Crippen molar-refractivity contribution in [2.75, 3.05) is 6.54 Å². The fourth-order valence-electron chi connectivity index (χ4n) is 3.20. The molecule has 0 saturated heterocycles. The Morgan fingerprint density at radius 1 is 1.18 bits per heavy atom. The zero-order chi connectivity index (χ0) is 19.7. The third-order valence-corrected chi connectivity index (χ3v) is 4.46. The topological polar surface area (TPSA) is 51.4 Å². The van der Waals surface area contributed by atoms with Crippen molar-refractivity contribution in [1.29, 1.82) is 0 Å². The van der Waals surface area contributed by atoms with Gasteiger partial charge in [0, 0.05) is 37.3 Å². The second kappa shape index (κ2) is 7.23. The normalized spacial score (nSPS) is 14.7.